The molecule has 3 rings (SSSR count). The molecule has 3 heterocycles. The van der Waals surface area contributed by atoms with Gasteiger partial charge < -0.3 is 18.9 Å². The lowest BCUT2D eigenvalue weighted by molar-refractivity contribution is -0.231. The van der Waals surface area contributed by atoms with Crippen molar-refractivity contribution in [3.63, 3.8) is 0 Å². The van der Waals surface area contributed by atoms with Gasteiger partial charge in [0.15, 0.2) is 6.29 Å². The van der Waals surface area contributed by atoms with Crippen LogP contribution in [0.1, 0.15) is 32.6 Å². The molecule has 0 aromatic rings. The number of rotatable bonds is 3. The van der Waals surface area contributed by atoms with Crippen molar-refractivity contribution in [2.75, 3.05) is 13.7 Å². The SMILES string of the molecule is CO[C@@H]1OCC23C[C@H]1OC2CCC(C[C@@H](C)C#N)O3. The zero-order valence-electron chi connectivity index (χ0n) is 11.5. The van der Waals surface area contributed by atoms with Gasteiger partial charge in [0, 0.05) is 19.4 Å². The van der Waals surface area contributed by atoms with Crippen LogP contribution < -0.4 is 0 Å². The zero-order valence-corrected chi connectivity index (χ0v) is 11.5. The molecule has 0 aliphatic carbocycles. The Morgan fingerprint density at radius 1 is 1.47 bits per heavy atom. The van der Waals surface area contributed by atoms with Crippen LogP contribution in [0, 0.1) is 17.2 Å². The number of ether oxygens (including phenoxy) is 4. The molecule has 3 unspecified atom stereocenters. The van der Waals surface area contributed by atoms with Crippen LogP contribution in [-0.4, -0.2) is 43.9 Å². The second-order valence-electron chi connectivity index (χ2n) is 5.93. The number of methoxy groups -OCH3 is 1. The lowest BCUT2D eigenvalue weighted by atomic mass is 9.84. The predicted octanol–water partition coefficient (Wildman–Crippen LogP) is 1.61. The molecule has 5 nitrogen and oxygen atoms in total. The Labute approximate surface area is 113 Å². The van der Waals surface area contributed by atoms with E-state index in [1.807, 2.05) is 6.92 Å². The van der Waals surface area contributed by atoms with Gasteiger partial charge >= 0.3 is 0 Å². The standard InChI is InChI=1S/C14H21NO4/c1-9(7-15)5-10-3-4-12-14(19-10)6-11(18-12)13(16-2)17-8-14/h9-13H,3-6,8H2,1-2H3/t9-,10?,11-,12?,13-,14?/m1/s1. The fourth-order valence-electron chi connectivity index (χ4n) is 3.55. The maximum Gasteiger partial charge on any atom is 0.183 e. The Balaban J connectivity index is 1.68. The van der Waals surface area contributed by atoms with Gasteiger partial charge in [0.25, 0.3) is 0 Å². The average molecular weight is 267 g/mol. The smallest absolute Gasteiger partial charge is 0.183 e. The molecule has 0 saturated carbocycles. The summed E-state index contributed by atoms with van der Waals surface area (Å²) in [6.07, 6.45) is 3.56. The summed E-state index contributed by atoms with van der Waals surface area (Å²) in [5.74, 6) is 0.0345. The average Bonchev–Trinajstić information content (AvgIpc) is 2.71. The van der Waals surface area contributed by atoms with Crippen molar-refractivity contribution in [2.45, 2.75) is 62.8 Å². The molecular weight excluding hydrogens is 246 g/mol. The molecule has 5 heteroatoms. The lowest BCUT2D eigenvalue weighted by Crippen LogP contribution is -2.54. The maximum atomic E-state index is 8.92. The second kappa shape index (κ2) is 5.02. The first kappa shape index (κ1) is 13.3. The molecule has 6 atom stereocenters. The molecule has 19 heavy (non-hydrogen) atoms. The van der Waals surface area contributed by atoms with Crippen LogP contribution in [-0.2, 0) is 18.9 Å². The molecule has 0 radical (unpaired) electrons. The van der Waals surface area contributed by atoms with Gasteiger partial charge in [0.1, 0.15) is 11.7 Å². The van der Waals surface area contributed by atoms with Crippen molar-refractivity contribution in [1.82, 2.24) is 0 Å². The molecule has 3 fully saturated rings. The molecule has 1 spiro atoms. The van der Waals surface area contributed by atoms with E-state index in [2.05, 4.69) is 6.07 Å². The minimum atomic E-state index is -0.308. The zero-order chi connectivity index (χ0) is 13.5. The largest absolute Gasteiger partial charge is 0.366 e. The van der Waals surface area contributed by atoms with Crippen molar-refractivity contribution in [2.24, 2.45) is 5.92 Å². The highest BCUT2D eigenvalue weighted by Gasteiger charge is 2.58. The van der Waals surface area contributed by atoms with E-state index in [9.17, 15) is 0 Å². The fourth-order valence-corrected chi connectivity index (χ4v) is 3.55. The van der Waals surface area contributed by atoms with Gasteiger partial charge in [-0.3, -0.25) is 0 Å². The van der Waals surface area contributed by atoms with Gasteiger partial charge in [-0.05, 0) is 26.2 Å². The molecule has 0 aromatic heterocycles. The van der Waals surface area contributed by atoms with Gasteiger partial charge in [0.05, 0.1) is 24.9 Å². The first-order valence-electron chi connectivity index (χ1n) is 7.04. The molecule has 0 aromatic carbocycles. The topological polar surface area (TPSA) is 60.7 Å². The summed E-state index contributed by atoms with van der Waals surface area (Å²) in [4.78, 5) is 0. The van der Waals surface area contributed by atoms with Gasteiger partial charge in [-0.15, -0.1) is 0 Å². The van der Waals surface area contributed by atoms with Gasteiger partial charge in [0.2, 0.25) is 0 Å². The monoisotopic (exact) mass is 267 g/mol. The third kappa shape index (κ3) is 2.27. The fraction of sp³-hybridized carbons (Fsp3) is 0.929. The summed E-state index contributed by atoms with van der Waals surface area (Å²) < 4.78 is 23.3. The summed E-state index contributed by atoms with van der Waals surface area (Å²) >= 11 is 0. The predicted molar refractivity (Wildman–Crippen MR) is 66.3 cm³/mol. The number of nitriles is 1. The first-order chi connectivity index (χ1) is 9.16. The van der Waals surface area contributed by atoms with Crippen LogP contribution in [0.2, 0.25) is 0 Å². The van der Waals surface area contributed by atoms with Crippen LogP contribution in [0.15, 0.2) is 0 Å². The van der Waals surface area contributed by atoms with E-state index in [1.165, 1.54) is 0 Å². The Bertz CT molecular complexity index is 382. The summed E-state index contributed by atoms with van der Waals surface area (Å²) in [6, 6.07) is 2.28. The van der Waals surface area contributed by atoms with E-state index in [0.717, 1.165) is 25.7 Å². The van der Waals surface area contributed by atoms with Crippen molar-refractivity contribution in [3.8, 4) is 6.07 Å². The highest BCUT2D eigenvalue weighted by Crippen LogP contribution is 2.46. The van der Waals surface area contributed by atoms with Crippen LogP contribution in [0.3, 0.4) is 0 Å². The molecule has 106 valence electrons. The minimum Gasteiger partial charge on any atom is -0.366 e. The van der Waals surface area contributed by atoms with Crippen molar-refractivity contribution in [1.29, 1.82) is 5.26 Å². The molecule has 3 aliphatic heterocycles. The van der Waals surface area contributed by atoms with E-state index in [4.69, 9.17) is 24.2 Å². The Morgan fingerprint density at radius 3 is 3.05 bits per heavy atom. The summed E-state index contributed by atoms with van der Waals surface area (Å²) in [5, 5.41) is 8.92. The van der Waals surface area contributed by atoms with E-state index in [-0.39, 0.29) is 36.1 Å². The van der Waals surface area contributed by atoms with Crippen molar-refractivity contribution < 1.29 is 18.9 Å². The Morgan fingerprint density at radius 2 is 2.32 bits per heavy atom. The molecule has 2 bridgehead atoms. The van der Waals surface area contributed by atoms with E-state index >= 15 is 0 Å². The molecular formula is C14H21NO4. The van der Waals surface area contributed by atoms with Crippen molar-refractivity contribution in [3.05, 3.63) is 0 Å². The second-order valence-corrected chi connectivity index (χ2v) is 5.93. The highest BCUT2D eigenvalue weighted by molar-refractivity contribution is 5.05. The quantitative estimate of drug-likeness (QED) is 0.777. The molecule has 3 aliphatic rings. The Kier molecular flexibility index (Phi) is 3.52. The molecule has 0 amide bonds. The Hall–Kier alpha value is -0.670. The number of nitrogens with zero attached hydrogens (tertiary/aromatic N) is 1. The third-order valence-electron chi connectivity index (χ3n) is 4.49. The van der Waals surface area contributed by atoms with Gasteiger partial charge in [-0.2, -0.15) is 5.26 Å². The molecule has 0 N–H and O–H groups in total. The normalized spacial score (nSPS) is 46.4. The summed E-state index contributed by atoms with van der Waals surface area (Å²) in [7, 11) is 1.65. The van der Waals surface area contributed by atoms with Gasteiger partial charge in [-0.25, -0.2) is 0 Å². The number of hydrogen-bond donors (Lipinski definition) is 0. The highest BCUT2D eigenvalue weighted by atomic mass is 16.7. The van der Waals surface area contributed by atoms with Crippen LogP contribution in [0.4, 0.5) is 0 Å². The third-order valence-corrected chi connectivity index (χ3v) is 4.49. The molecule has 3 saturated heterocycles. The van der Waals surface area contributed by atoms with E-state index in [0.29, 0.717) is 6.61 Å². The van der Waals surface area contributed by atoms with Crippen molar-refractivity contribution >= 4 is 0 Å². The minimum absolute atomic E-state index is 0.0177. The van der Waals surface area contributed by atoms with E-state index in [1.54, 1.807) is 7.11 Å². The number of fused-ring (bicyclic) bond motifs is 1. The maximum absolute atomic E-state index is 8.92. The van der Waals surface area contributed by atoms with Crippen LogP contribution in [0.5, 0.6) is 0 Å². The van der Waals surface area contributed by atoms with E-state index < -0.39 is 0 Å². The first-order valence-corrected chi connectivity index (χ1v) is 7.04. The van der Waals surface area contributed by atoms with Gasteiger partial charge in [-0.1, -0.05) is 0 Å². The van der Waals surface area contributed by atoms with Crippen LogP contribution in [0.25, 0.3) is 0 Å². The summed E-state index contributed by atoms with van der Waals surface area (Å²) in [5.41, 5.74) is -0.308. The van der Waals surface area contributed by atoms with Crippen LogP contribution >= 0.6 is 0 Å². The lowest BCUT2D eigenvalue weighted by Gasteiger charge is -2.43. The number of hydrogen-bond acceptors (Lipinski definition) is 5. The summed E-state index contributed by atoms with van der Waals surface area (Å²) in [6.45, 7) is 2.48.